The molecule has 6 nitrogen and oxygen atoms in total. The van der Waals surface area contributed by atoms with E-state index in [1.165, 1.54) is 25.1 Å². The Hall–Kier alpha value is -0.860. The van der Waals surface area contributed by atoms with Gasteiger partial charge >= 0.3 is 0 Å². The van der Waals surface area contributed by atoms with Crippen molar-refractivity contribution in [2.24, 2.45) is 10.9 Å². The van der Waals surface area contributed by atoms with Crippen LogP contribution < -0.4 is 10.6 Å². The van der Waals surface area contributed by atoms with E-state index in [0.29, 0.717) is 12.0 Å². The first kappa shape index (κ1) is 21.2. The number of aliphatic imine (C=N–C) groups is 1. The molecule has 1 unspecified atom stereocenters. The van der Waals surface area contributed by atoms with Crippen LogP contribution in [-0.2, 0) is 19.4 Å². The van der Waals surface area contributed by atoms with Gasteiger partial charge in [-0.3, -0.25) is 4.99 Å². The van der Waals surface area contributed by atoms with E-state index in [1.807, 2.05) is 7.05 Å². The maximum atomic E-state index is 4.39. The van der Waals surface area contributed by atoms with E-state index < -0.39 is 0 Å². The summed E-state index contributed by atoms with van der Waals surface area (Å²) in [5.74, 6) is 3.78. The molecule has 1 aromatic heterocycles. The Balaban J connectivity index is 0.00000288. The molecular formula is C17H33IN6. The SMILES string of the molecule is CN=C(NCCCc1nnc2n1CCCCC2)NC(C)C(C)C.I. The number of nitrogens with zero attached hydrogens (tertiary/aromatic N) is 4. The molecule has 2 N–H and O–H groups in total. The van der Waals surface area contributed by atoms with Crippen molar-refractivity contribution in [3.05, 3.63) is 11.6 Å². The lowest BCUT2D eigenvalue weighted by atomic mass is 10.1. The second-order valence-electron chi connectivity index (χ2n) is 6.77. The molecule has 7 heteroatoms. The summed E-state index contributed by atoms with van der Waals surface area (Å²) in [7, 11) is 1.82. The van der Waals surface area contributed by atoms with E-state index in [1.54, 1.807) is 0 Å². The van der Waals surface area contributed by atoms with E-state index in [2.05, 4.69) is 51.2 Å². The van der Waals surface area contributed by atoms with E-state index in [-0.39, 0.29) is 24.0 Å². The van der Waals surface area contributed by atoms with Gasteiger partial charge in [-0.05, 0) is 32.1 Å². The van der Waals surface area contributed by atoms with Gasteiger partial charge in [-0.25, -0.2) is 0 Å². The van der Waals surface area contributed by atoms with Crippen LogP contribution in [0.4, 0.5) is 0 Å². The maximum absolute atomic E-state index is 4.39. The Labute approximate surface area is 163 Å². The zero-order chi connectivity index (χ0) is 16.7. The Morgan fingerprint density at radius 1 is 1.21 bits per heavy atom. The van der Waals surface area contributed by atoms with E-state index >= 15 is 0 Å². The van der Waals surface area contributed by atoms with Crippen molar-refractivity contribution < 1.29 is 0 Å². The summed E-state index contributed by atoms with van der Waals surface area (Å²) < 4.78 is 2.33. The molecule has 0 amide bonds. The molecule has 0 spiro atoms. The molecule has 0 saturated carbocycles. The van der Waals surface area contributed by atoms with Gasteiger partial charge in [0, 0.05) is 39.0 Å². The van der Waals surface area contributed by atoms with Crippen molar-refractivity contribution in [2.45, 2.75) is 71.9 Å². The molecule has 1 atom stereocenters. The highest BCUT2D eigenvalue weighted by Crippen LogP contribution is 2.15. The van der Waals surface area contributed by atoms with Crippen LogP contribution in [0.5, 0.6) is 0 Å². The second kappa shape index (κ2) is 10.9. The molecule has 1 aromatic rings. The van der Waals surface area contributed by atoms with E-state index in [9.17, 15) is 0 Å². The standard InChI is InChI=1S/C17H32N6.HI/c1-13(2)14(3)20-17(18-4)19-11-8-10-16-22-21-15-9-6-5-7-12-23(15)16;/h13-14H,5-12H2,1-4H3,(H2,18,19,20);1H. The molecule has 0 aliphatic carbocycles. The Morgan fingerprint density at radius 2 is 2.00 bits per heavy atom. The minimum Gasteiger partial charge on any atom is -0.356 e. The van der Waals surface area contributed by atoms with Gasteiger partial charge in [0.05, 0.1) is 0 Å². The van der Waals surface area contributed by atoms with Crippen LogP contribution >= 0.6 is 24.0 Å². The largest absolute Gasteiger partial charge is 0.356 e. The number of hydrogen-bond acceptors (Lipinski definition) is 3. The number of aromatic nitrogens is 3. The number of rotatable bonds is 6. The Kier molecular flexibility index (Phi) is 9.61. The van der Waals surface area contributed by atoms with Crippen molar-refractivity contribution in [1.82, 2.24) is 25.4 Å². The fraction of sp³-hybridized carbons (Fsp3) is 0.824. The zero-order valence-corrected chi connectivity index (χ0v) is 17.8. The molecule has 0 saturated heterocycles. The van der Waals surface area contributed by atoms with Crippen LogP contribution in [0.2, 0.25) is 0 Å². The quantitative estimate of drug-likeness (QED) is 0.304. The predicted molar refractivity (Wildman–Crippen MR) is 110 cm³/mol. The number of hydrogen-bond donors (Lipinski definition) is 2. The number of aryl methyl sites for hydroxylation is 2. The third kappa shape index (κ3) is 6.22. The van der Waals surface area contributed by atoms with Crippen LogP contribution in [0.25, 0.3) is 0 Å². The molecule has 2 heterocycles. The summed E-state index contributed by atoms with van der Waals surface area (Å²) in [5, 5.41) is 15.6. The molecule has 0 fully saturated rings. The fourth-order valence-corrected chi connectivity index (χ4v) is 2.76. The lowest BCUT2D eigenvalue weighted by Crippen LogP contribution is -2.44. The highest BCUT2D eigenvalue weighted by atomic mass is 127. The fourth-order valence-electron chi connectivity index (χ4n) is 2.76. The summed E-state index contributed by atoms with van der Waals surface area (Å²) in [6.07, 6.45) is 6.89. The monoisotopic (exact) mass is 448 g/mol. The molecule has 24 heavy (non-hydrogen) atoms. The van der Waals surface area contributed by atoms with Crippen LogP contribution in [0.15, 0.2) is 4.99 Å². The summed E-state index contributed by atoms with van der Waals surface area (Å²) in [5.41, 5.74) is 0. The number of fused-ring (bicyclic) bond motifs is 1. The first-order valence-electron chi connectivity index (χ1n) is 9.00. The summed E-state index contributed by atoms with van der Waals surface area (Å²) >= 11 is 0. The predicted octanol–water partition coefficient (Wildman–Crippen LogP) is 2.76. The van der Waals surface area contributed by atoms with Crippen molar-refractivity contribution in [3.8, 4) is 0 Å². The molecule has 0 bridgehead atoms. The van der Waals surface area contributed by atoms with Gasteiger partial charge in [0.25, 0.3) is 0 Å². The number of nitrogens with one attached hydrogen (secondary N) is 2. The van der Waals surface area contributed by atoms with Crippen molar-refractivity contribution in [2.75, 3.05) is 13.6 Å². The van der Waals surface area contributed by atoms with Crippen LogP contribution in [0.1, 0.15) is 58.1 Å². The average molecular weight is 448 g/mol. The normalized spacial score (nSPS) is 16.1. The van der Waals surface area contributed by atoms with Crippen LogP contribution in [0.3, 0.4) is 0 Å². The molecule has 0 radical (unpaired) electrons. The van der Waals surface area contributed by atoms with Gasteiger partial charge in [-0.1, -0.05) is 20.3 Å². The topological polar surface area (TPSA) is 67.1 Å². The lowest BCUT2D eigenvalue weighted by molar-refractivity contribution is 0.480. The van der Waals surface area contributed by atoms with Gasteiger partial charge < -0.3 is 15.2 Å². The Morgan fingerprint density at radius 3 is 2.71 bits per heavy atom. The molecule has 2 rings (SSSR count). The first-order chi connectivity index (χ1) is 11.1. The smallest absolute Gasteiger partial charge is 0.191 e. The third-order valence-electron chi connectivity index (χ3n) is 4.64. The summed E-state index contributed by atoms with van der Waals surface area (Å²) in [6, 6.07) is 0.411. The van der Waals surface area contributed by atoms with Crippen molar-refractivity contribution in [3.63, 3.8) is 0 Å². The third-order valence-corrected chi connectivity index (χ3v) is 4.64. The van der Waals surface area contributed by atoms with E-state index in [4.69, 9.17) is 0 Å². The van der Waals surface area contributed by atoms with E-state index in [0.717, 1.165) is 44.1 Å². The highest BCUT2D eigenvalue weighted by molar-refractivity contribution is 14.0. The maximum Gasteiger partial charge on any atom is 0.191 e. The highest BCUT2D eigenvalue weighted by Gasteiger charge is 2.14. The van der Waals surface area contributed by atoms with Crippen LogP contribution in [-0.4, -0.2) is 40.4 Å². The van der Waals surface area contributed by atoms with Crippen molar-refractivity contribution >= 4 is 29.9 Å². The minimum absolute atomic E-state index is 0. The van der Waals surface area contributed by atoms with Crippen LogP contribution in [0, 0.1) is 5.92 Å². The molecule has 138 valence electrons. The average Bonchev–Trinajstić information content (AvgIpc) is 2.77. The summed E-state index contributed by atoms with van der Waals surface area (Å²) in [6.45, 7) is 8.58. The van der Waals surface area contributed by atoms with Gasteiger partial charge in [0.2, 0.25) is 0 Å². The molecular weight excluding hydrogens is 415 g/mol. The minimum atomic E-state index is 0. The summed E-state index contributed by atoms with van der Waals surface area (Å²) in [4.78, 5) is 4.29. The molecule has 1 aliphatic rings. The Bertz CT molecular complexity index is 511. The second-order valence-corrected chi connectivity index (χ2v) is 6.77. The first-order valence-corrected chi connectivity index (χ1v) is 9.00. The van der Waals surface area contributed by atoms with Crippen molar-refractivity contribution in [1.29, 1.82) is 0 Å². The van der Waals surface area contributed by atoms with Gasteiger partial charge in [-0.15, -0.1) is 34.2 Å². The molecule has 1 aliphatic heterocycles. The zero-order valence-electron chi connectivity index (χ0n) is 15.5. The number of guanidine groups is 1. The van der Waals surface area contributed by atoms with Gasteiger partial charge in [0.15, 0.2) is 5.96 Å². The number of halogens is 1. The van der Waals surface area contributed by atoms with Gasteiger partial charge in [-0.2, -0.15) is 0 Å². The lowest BCUT2D eigenvalue weighted by Gasteiger charge is -2.20. The molecule has 0 aromatic carbocycles. The van der Waals surface area contributed by atoms with Gasteiger partial charge in [0.1, 0.15) is 11.6 Å².